The summed E-state index contributed by atoms with van der Waals surface area (Å²) in [4.78, 5) is 57.2. The summed E-state index contributed by atoms with van der Waals surface area (Å²) in [6.07, 6.45) is 0.382. The van der Waals surface area contributed by atoms with Gasteiger partial charge in [0, 0.05) is 31.7 Å². The largest absolute Gasteiger partial charge is 0.496 e. The molecule has 184 valence electrons. The van der Waals surface area contributed by atoms with Gasteiger partial charge in [0.05, 0.1) is 18.2 Å². The first-order valence-corrected chi connectivity index (χ1v) is 11.9. The fourth-order valence-electron chi connectivity index (χ4n) is 4.73. The van der Waals surface area contributed by atoms with Crippen molar-refractivity contribution in [3.05, 3.63) is 64.7 Å². The van der Waals surface area contributed by atoms with Crippen LogP contribution in [0.5, 0.6) is 5.75 Å². The number of hydrogen-bond acceptors (Lipinski definition) is 5. The van der Waals surface area contributed by atoms with Crippen molar-refractivity contribution in [1.82, 2.24) is 14.7 Å². The molecule has 0 radical (unpaired) electrons. The minimum atomic E-state index is -0.869. The van der Waals surface area contributed by atoms with E-state index in [1.165, 1.54) is 0 Å². The zero-order chi connectivity index (χ0) is 25.3. The van der Waals surface area contributed by atoms with Crippen molar-refractivity contribution in [3.63, 3.8) is 0 Å². The quantitative estimate of drug-likeness (QED) is 0.597. The van der Waals surface area contributed by atoms with E-state index in [2.05, 4.69) is 0 Å². The van der Waals surface area contributed by atoms with Crippen LogP contribution in [0.15, 0.2) is 42.5 Å². The van der Waals surface area contributed by atoms with Crippen LogP contribution in [0.25, 0.3) is 0 Å². The molecule has 8 heteroatoms. The van der Waals surface area contributed by atoms with Gasteiger partial charge >= 0.3 is 0 Å². The fourth-order valence-corrected chi connectivity index (χ4v) is 4.73. The first-order valence-electron chi connectivity index (χ1n) is 11.9. The van der Waals surface area contributed by atoms with Crippen molar-refractivity contribution < 1.29 is 23.9 Å². The second kappa shape index (κ2) is 9.90. The number of benzene rings is 2. The molecule has 1 atom stereocenters. The molecule has 0 saturated carbocycles. The van der Waals surface area contributed by atoms with Gasteiger partial charge in [0.15, 0.2) is 0 Å². The number of fused-ring (bicyclic) bond motifs is 1. The van der Waals surface area contributed by atoms with E-state index in [9.17, 15) is 19.2 Å². The van der Waals surface area contributed by atoms with Crippen LogP contribution in [-0.2, 0) is 4.79 Å². The predicted molar refractivity (Wildman–Crippen MR) is 130 cm³/mol. The maximum atomic E-state index is 13.6. The summed E-state index contributed by atoms with van der Waals surface area (Å²) < 4.78 is 5.34. The normalized spacial score (nSPS) is 16.5. The van der Waals surface area contributed by atoms with Crippen molar-refractivity contribution in [1.29, 1.82) is 0 Å². The third-order valence-electron chi connectivity index (χ3n) is 6.65. The lowest BCUT2D eigenvalue weighted by Gasteiger charge is -2.38. The number of amides is 4. The molecule has 2 heterocycles. The minimum absolute atomic E-state index is 0.104. The smallest absolute Gasteiger partial charge is 0.262 e. The molecule has 2 aliphatic heterocycles. The summed E-state index contributed by atoms with van der Waals surface area (Å²) in [7, 11) is 1.57. The van der Waals surface area contributed by atoms with Crippen LogP contribution in [0.1, 0.15) is 56.9 Å². The molecule has 1 saturated heterocycles. The first-order chi connectivity index (χ1) is 16.7. The van der Waals surface area contributed by atoms with Gasteiger partial charge in [-0.05, 0) is 49.1 Å². The molecule has 35 heavy (non-hydrogen) atoms. The molecule has 8 nitrogen and oxygen atoms in total. The highest BCUT2D eigenvalue weighted by Gasteiger charge is 2.44. The van der Waals surface area contributed by atoms with Crippen LogP contribution in [0, 0.1) is 12.8 Å². The first kappa shape index (κ1) is 24.4. The number of methoxy groups -OCH3 is 1. The highest BCUT2D eigenvalue weighted by molar-refractivity contribution is 6.22. The molecule has 0 bridgehead atoms. The number of nitrogens with zero attached hydrogens (tertiary/aromatic N) is 3. The van der Waals surface area contributed by atoms with Crippen molar-refractivity contribution in [2.24, 2.45) is 5.92 Å². The Morgan fingerprint density at radius 3 is 2.03 bits per heavy atom. The summed E-state index contributed by atoms with van der Waals surface area (Å²) >= 11 is 0. The Balaban J connectivity index is 1.47. The maximum absolute atomic E-state index is 13.6. The molecule has 0 N–H and O–H groups in total. The number of piperazine rings is 1. The Hall–Kier alpha value is -3.68. The standard InChI is InChI=1S/C27H31N3O5/c1-17(2)15-22(30-25(32)20-7-5-6-8-21(20)26(30)33)27(34)29-13-11-28(12-14-29)24(31)19-10-9-18(3)23(16-19)35-4/h5-10,16-17,22H,11-15H2,1-4H3. The molecule has 1 fully saturated rings. The summed E-state index contributed by atoms with van der Waals surface area (Å²) in [5.41, 5.74) is 2.16. The molecular weight excluding hydrogens is 446 g/mol. The molecule has 2 aromatic carbocycles. The average molecular weight is 478 g/mol. The second-order valence-electron chi connectivity index (χ2n) is 9.47. The summed E-state index contributed by atoms with van der Waals surface area (Å²) in [6.45, 7) is 7.26. The number of rotatable bonds is 6. The van der Waals surface area contributed by atoms with E-state index in [0.29, 0.717) is 55.0 Å². The molecule has 2 aliphatic rings. The molecule has 0 aromatic heterocycles. The molecule has 0 aliphatic carbocycles. The number of carbonyl (C=O) groups is 4. The van der Waals surface area contributed by atoms with E-state index >= 15 is 0 Å². The van der Waals surface area contributed by atoms with E-state index < -0.39 is 17.9 Å². The highest BCUT2D eigenvalue weighted by atomic mass is 16.5. The number of carbonyl (C=O) groups excluding carboxylic acids is 4. The molecule has 4 amide bonds. The Labute approximate surface area is 205 Å². The van der Waals surface area contributed by atoms with Gasteiger partial charge in [-0.1, -0.05) is 32.0 Å². The third kappa shape index (κ3) is 4.65. The van der Waals surface area contributed by atoms with Crippen LogP contribution in [-0.4, -0.2) is 77.7 Å². The zero-order valence-electron chi connectivity index (χ0n) is 20.6. The summed E-state index contributed by atoms with van der Waals surface area (Å²) in [5.74, 6) is -0.458. The van der Waals surface area contributed by atoms with Gasteiger partial charge in [-0.25, -0.2) is 0 Å². The Kier molecular flexibility index (Phi) is 6.91. The maximum Gasteiger partial charge on any atom is 0.262 e. The predicted octanol–water partition coefficient (Wildman–Crippen LogP) is 3.00. The van der Waals surface area contributed by atoms with Gasteiger partial charge in [-0.2, -0.15) is 0 Å². The molecular formula is C27H31N3O5. The Morgan fingerprint density at radius 1 is 0.914 bits per heavy atom. The van der Waals surface area contributed by atoms with Gasteiger partial charge < -0.3 is 14.5 Å². The van der Waals surface area contributed by atoms with Crippen LogP contribution >= 0.6 is 0 Å². The molecule has 0 spiro atoms. The number of ether oxygens (including phenoxy) is 1. The van der Waals surface area contributed by atoms with Crippen LogP contribution in [0.3, 0.4) is 0 Å². The summed E-state index contributed by atoms with van der Waals surface area (Å²) in [5, 5.41) is 0. The molecule has 2 aromatic rings. The monoisotopic (exact) mass is 477 g/mol. The lowest BCUT2D eigenvalue weighted by molar-refractivity contribution is -0.137. The van der Waals surface area contributed by atoms with E-state index in [0.717, 1.165) is 10.5 Å². The van der Waals surface area contributed by atoms with Gasteiger partial charge in [0.2, 0.25) is 5.91 Å². The number of imide groups is 1. The molecule has 4 rings (SSSR count). The highest BCUT2D eigenvalue weighted by Crippen LogP contribution is 2.28. The van der Waals surface area contributed by atoms with Crippen LogP contribution < -0.4 is 4.74 Å². The Bertz CT molecular complexity index is 1130. The lowest BCUT2D eigenvalue weighted by Crippen LogP contribution is -2.57. The second-order valence-corrected chi connectivity index (χ2v) is 9.47. The van der Waals surface area contributed by atoms with Gasteiger partial charge in [0.1, 0.15) is 11.8 Å². The average Bonchev–Trinajstić information content (AvgIpc) is 3.12. The van der Waals surface area contributed by atoms with E-state index in [-0.39, 0.29) is 17.7 Å². The third-order valence-corrected chi connectivity index (χ3v) is 6.65. The van der Waals surface area contributed by atoms with E-state index in [4.69, 9.17) is 4.74 Å². The van der Waals surface area contributed by atoms with Crippen molar-refractivity contribution in [2.45, 2.75) is 33.2 Å². The van der Waals surface area contributed by atoms with E-state index in [1.807, 2.05) is 26.8 Å². The van der Waals surface area contributed by atoms with Crippen molar-refractivity contribution >= 4 is 23.6 Å². The minimum Gasteiger partial charge on any atom is -0.496 e. The van der Waals surface area contributed by atoms with E-state index in [1.54, 1.807) is 53.3 Å². The van der Waals surface area contributed by atoms with Crippen molar-refractivity contribution in [3.8, 4) is 5.75 Å². The Morgan fingerprint density at radius 2 is 1.49 bits per heavy atom. The van der Waals surface area contributed by atoms with Crippen LogP contribution in [0.2, 0.25) is 0 Å². The molecule has 1 unspecified atom stereocenters. The number of aryl methyl sites for hydroxylation is 1. The lowest BCUT2D eigenvalue weighted by atomic mass is 10.0. The zero-order valence-corrected chi connectivity index (χ0v) is 20.6. The van der Waals surface area contributed by atoms with Crippen molar-refractivity contribution in [2.75, 3.05) is 33.3 Å². The van der Waals surface area contributed by atoms with Gasteiger partial charge in [-0.3, -0.25) is 24.1 Å². The van der Waals surface area contributed by atoms with Gasteiger partial charge in [0.25, 0.3) is 17.7 Å². The fraction of sp³-hybridized carbons (Fsp3) is 0.407. The summed E-state index contributed by atoms with van der Waals surface area (Å²) in [6, 6.07) is 11.2. The number of hydrogen-bond donors (Lipinski definition) is 0. The van der Waals surface area contributed by atoms with Crippen LogP contribution in [0.4, 0.5) is 0 Å². The topological polar surface area (TPSA) is 87.2 Å². The SMILES string of the molecule is COc1cc(C(=O)N2CCN(C(=O)C(CC(C)C)N3C(=O)c4ccccc4C3=O)CC2)ccc1C. The van der Waals surface area contributed by atoms with Gasteiger partial charge in [-0.15, -0.1) is 0 Å².